The maximum Gasteiger partial charge on any atom is 0.431 e. The van der Waals surface area contributed by atoms with Gasteiger partial charge in [-0.3, -0.25) is 4.79 Å². The largest absolute Gasteiger partial charge is 0.481 e. The van der Waals surface area contributed by atoms with Crippen molar-refractivity contribution >= 4 is 16.9 Å². The molecule has 0 radical (unpaired) electrons. The third-order valence-electron chi connectivity index (χ3n) is 4.01. The number of hydrogen-bond donors (Lipinski definition) is 1. The smallest absolute Gasteiger partial charge is 0.431 e. The first-order valence-corrected chi connectivity index (χ1v) is 8.44. The molecule has 0 saturated carbocycles. The van der Waals surface area contributed by atoms with Crippen molar-refractivity contribution in [1.29, 1.82) is 0 Å². The molecule has 0 spiro atoms. The molecule has 1 amide bonds. The molecule has 9 heteroatoms. The van der Waals surface area contributed by atoms with Crippen LogP contribution in [0.1, 0.15) is 12.6 Å². The molecular formula is C19H17F4N3O2. The first-order valence-electron chi connectivity index (χ1n) is 8.44. The number of carbonyl (C=O) groups is 1. The maximum absolute atomic E-state index is 13.5. The van der Waals surface area contributed by atoms with Crippen molar-refractivity contribution in [1.82, 2.24) is 14.9 Å². The molecule has 0 bridgehead atoms. The third-order valence-corrected chi connectivity index (χ3v) is 4.01. The van der Waals surface area contributed by atoms with E-state index in [4.69, 9.17) is 4.74 Å². The number of para-hydroxylation sites is 1. The Kier molecular flexibility index (Phi) is 5.53. The van der Waals surface area contributed by atoms with Crippen LogP contribution in [0.2, 0.25) is 0 Å². The average Bonchev–Trinajstić information content (AvgIpc) is 3.00. The zero-order valence-electron chi connectivity index (χ0n) is 14.8. The zero-order chi connectivity index (χ0) is 20.3. The van der Waals surface area contributed by atoms with Gasteiger partial charge in [-0.15, -0.1) is 0 Å². The van der Waals surface area contributed by atoms with Crippen molar-refractivity contribution in [2.24, 2.45) is 0 Å². The lowest BCUT2D eigenvalue weighted by atomic mass is 10.3. The van der Waals surface area contributed by atoms with Crippen LogP contribution < -0.4 is 10.1 Å². The van der Waals surface area contributed by atoms with Crippen LogP contribution in [0, 0.1) is 5.82 Å². The topological polar surface area (TPSA) is 56.2 Å². The number of carbonyl (C=O) groups excluding carboxylic acids is 1. The minimum absolute atomic E-state index is 0.0785. The fraction of sp³-hybridized carbons (Fsp3) is 0.263. The maximum atomic E-state index is 13.5. The SMILES string of the molecule is C[C@H](Cn1c(C(F)(F)F)cc2cccnc21)NC(=O)COc1ccccc1F. The number of nitrogens with one attached hydrogen (secondary N) is 1. The molecule has 5 nitrogen and oxygen atoms in total. The van der Waals surface area contributed by atoms with Gasteiger partial charge in [0.1, 0.15) is 11.3 Å². The molecule has 148 valence electrons. The minimum atomic E-state index is -4.56. The molecular weight excluding hydrogens is 378 g/mol. The number of benzene rings is 1. The predicted octanol–water partition coefficient (Wildman–Crippen LogP) is 3.78. The lowest BCUT2D eigenvalue weighted by Gasteiger charge is -2.18. The summed E-state index contributed by atoms with van der Waals surface area (Å²) >= 11 is 0. The van der Waals surface area contributed by atoms with E-state index in [2.05, 4.69) is 10.3 Å². The number of rotatable bonds is 6. The first-order chi connectivity index (χ1) is 13.3. The van der Waals surface area contributed by atoms with Gasteiger partial charge < -0.3 is 14.6 Å². The standard InChI is InChI=1S/C19H17F4N3O2/c1-12(25-17(27)11-28-15-7-3-2-6-14(15)20)10-26-16(19(21,22)23)9-13-5-4-8-24-18(13)26/h2-9,12H,10-11H2,1H3,(H,25,27)/t12-/m1/s1. The van der Waals surface area contributed by atoms with Crippen LogP contribution in [-0.2, 0) is 17.5 Å². The highest BCUT2D eigenvalue weighted by Crippen LogP contribution is 2.33. The lowest BCUT2D eigenvalue weighted by Crippen LogP contribution is -2.39. The summed E-state index contributed by atoms with van der Waals surface area (Å²) in [6.07, 6.45) is -3.15. The minimum Gasteiger partial charge on any atom is -0.481 e. The second-order valence-corrected chi connectivity index (χ2v) is 6.24. The van der Waals surface area contributed by atoms with Crippen molar-refractivity contribution < 1.29 is 27.1 Å². The Morgan fingerprint density at radius 2 is 2.00 bits per heavy atom. The van der Waals surface area contributed by atoms with E-state index < -0.39 is 36.2 Å². The summed E-state index contributed by atoms with van der Waals surface area (Å²) in [6, 6.07) is 9.09. The Morgan fingerprint density at radius 1 is 1.25 bits per heavy atom. The molecule has 3 rings (SSSR count). The van der Waals surface area contributed by atoms with E-state index in [1.165, 1.54) is 24.4 Å². The molecule has 3 aromatic rings. The average molecular weight is 395 g/mol. The highest BCUT2D eigenvalue weighted by molar-refractivity contribution is 5.78. The second kappa shape index (κ2) is 7.87. The predicted molar refractivity (Wildman–Crippen MR) is 94.2 cm³/mol. The molecule has 0 aliphatic heterocycles. The molecule has 0 saturated heterocycles. The molecule has 0 aliphatic rings. The highest BCUT2D eigenvalue weighted by Gasteiger charge is 2.36. The van der Waals surface area contributed by atoms with E-state index in [1.807, 2.05) is 0 Å². The van der Waals surface area contributed by atoms with E-state index in [1.54, 1.807) is 25.1 Å². The molecule has 1 aromatic carbocycles. The Morgan fingerprint density at radius 3 is 2.71 bits per heavy atom. The molecule has 1 N–H and O–H groups in total. The van der Waals surface area contributed by atoms with Crippen LogP contribution in [0.3, 0.4) is 0 Å². The summed E-state index contributed by atoms with van der Waals surface area (Å²) in [7, 11) is 0. The third kappa shape index (κ3) is 4.41. The summed E-state index contributed by atoms with van der Waals surface area (Å²) in [5.74, 6) is -1.26. The number of amides is 1. The fourth-order valence-corrected chi connectivity index (χ4v) is 2.85. The van der Waals surface area contributed by atoms with Crippen LogP contribution >= 0.6 is 0 Å². The normalized spacial score (nSPS) is 12.8. The molecule has 1 atom stereocenters. The number of fused-ring (bicyclic) bond motifs is 1. The number of aromatic nitrogens is 2. The Labute approximate surface area is 157 Å². The number of ether oxygens (including phenoxy) is 1. The molecule has 0 fully saturated rings. The quantitative estimate of drug-likeness (QED) is 0.647. The molecule has 2 aromatic heterocycles. The zero-order valence-corrected chi connectivity index (χ0v) is 14.8. The summed E-state index contributed by atoms with van der Waals surface area (Å²) in [4.78, 5) is 16.0. The van der Waals surface area contributed by atoms with Crippen molar-refractivity contribution in [3.8, 4) is 5.75 Å². The van der Waals surface area contributed by atoms with Crippen molar-refractivity contribution in [3.05, 3.63) is 60.2 Å². The van der Waals surface area contributed by atoms with E-state index in [-0.39, 0.29) is 17.9 Å². The summed E-state index contributed by atoms with van der Waals surface area (Å²) in [5, 5.41) is 2.91. The summed E-state index contributed by atoms with van der Waals surface area (Å²) in [5.41, 5.74) is -0.663. The van der Waals surface area contributed by atoms with E-state index >= 15 is 0 Å². The van der Waals surface area contributed by atoms with Crippen molar-refractivity contribution in [2.45, 2.75) is 25.7 Å². The van der Waals surface area contributed by atoms with Crippen molar-refractivity contribution in [3.63, 3.8) is 0 Å². The van der Waals surface area contributed by atoms with Gasteiger partial charge in [-0.25, -0.2) is 9.37 Å². The summed E-state index contributed by atoms with van der Waals surface area (Å²) < 4.78 is 59.7. The number of halogens is 4. The van der Waals surface area contributed by atoms with Crippen LogP contribution in [0.15, 0.2) is 48.7 Å². The lowest BCUT2D eigenvalue weighted by molar-refractivity contribution is -0.143. The van der Waals surface area contributed by atoms with E-state index in [0.29, 0.717) is 5.39 Å². The Bertz CT molecular complexity index is 985. The van der Waals surface area contributed by atoms with Crippen LogP contribution in [0.25, 0.3) is 11.0 Å². The first kappa shape index (κ1) is 19.7. The number of pyridine rings is 1. The van der Waals surface area contributed by atoms with Crippen molar-refractivity contribution in [2.75, 3.05) is 6.61 Å². The van der Waals surface area contributed by atoms with Gasteiger partial charge in [0.2, 0.25) is 0 Å². The number of hydrogen-bond acceptors (Lipinski definition) is 3. The van der Waals surface area contributed by atoms with Gasteiger partial charge in [0.25, 0.3) is 5.91 Å². The molecule has 2 heterocycles. The van der Waals surface area contributed by atoms with Gasteiger partial charge in [-0.05, 0) is 37.3 Å². The number of nitrogens with zero attached hydrogens (tertiary/aromatic N) is 2. The van der Waals surface area contributed by atoms with Gasteiger partial charge in [0.15, 0.2) is 18.2 Å². The van der Waals surface area contributed by atoms with Gasteiger partial charge in [0, 0.05) is 24.2 Å². The van der Waals surface area contributed by atoms with Gasteiger partial charge >= 0.3 is 6.18 Å². The monoisotopic (exact) mass is 395 g/mol. The van der Waals surface area contributed by atoms with Crippen LogP contribution in [0.5, 0.6) is 5.75 Å². The number of alkyl halides is 3. The van der Waals surface area contributed by atoms with Gasteiger partial charge in [-0.1, -0.05) is 12.1 Å². The van der Waals surface area contributed by atoms with Crippen LogP contribution in [0.4, 0.5) is 17.6 Å². The molecule has 28 heavy (non-hydrogen) atoms. The van der Waals surface area contributed by atoms with Crippen LogP contribution in [-0.4, -0.2) is 28.1 Å². The Hall–Kier alpha value is -3.10. The molecule has 0 aliphatic carbocycles. The van der Waals surface area contributed by atoms with E-state index in [0.717, 1.165) is 10.6 Å². The second-order valence-electron chi connectivity index (χ2n) is 6.24. The van der Waals surface area contributed by atoms with E-state index in [9.17, 15) is 22.4 Å². The molecule has 0 unspecified atom stereocenters. The van der Waals surface area contributed by atoms with Gasteiger partial charge in [0.05, 0.1) is 0 Å². The Balaban J connectivity index is 1.68. The summed E-state index contributed by atoms with van der Waals surface area (Å²) in [6.45, 7) is 0.971. The fourth-order valence-electron chi connectivity index (χ4n) is 2.85. The van der Waals surface area contributed by atoms with Gasteiger partial charge in [-0.2, -0.15) is 13.2 Å². The highest BCUT2D eigenvalue weighted by atomic mass is 19.4.